The summed E-state index contributed by atoms with van der Waals surface area (Å²) in [5.41, 5.74) is 6.48. The van der Waals surface area contributed by atoms with Crippen molar-refractivity contribution in [1.82, 2.24) is 0 Å². The minimum Gasteiger partial charge on any atom is -0.495 e. The fourth-order valence-electron chi connectivity index (χ4n) is 1.66. The highest BCUT2D eigenvalue weighted by Crippen LogP contribution is 2.25. The van der Waals surface area contributed by atoms with E-state index in [4.69, 9.17) is 22.1 Å². The van der Waals surface area contributed by atoms with Gasteiger partial charge in [-0.05, 0) is 30.3 Å². The molecule has 0 saturated heterocycles. The van der Waals surface area contributed by atoms with Gasteiger partial charge in [-0.1, -0.05) is 11.6 Å². The number of amides is 1. The van der Waals surface area contributed by atoms with Crippen LogP contribution in [0.3, 0.4) is 0 Å². The number of hydrogen-bond acceptors (Lipinski definition) is 3. The molecule has 2 aromatic carbocycles. The van der Waals surface area contributed by atoms with E-state index in [0.29, 0.717) is 17.1 Å². The smallest absolute Gasteiger partial charge is 0.258 e. The molecule has 0 heterocycles. The van der Waals surface area contributed by atoms with Crippen LogP contribution in [0.2, 0.25) is 5.02 Å². The molecule has 2 rings (SSSR count). The summed E-state index contributed by atoms with van der Waals surface area (Å²) in [7, 11) is 1.47. The van der Waals surface area contributed by atoms with Gasteiger partial charge in [0.1, 0.15) is 11.6 Å². The molecular formula is C14H12ClFN2O2. The van der Waals surface area contributed by atoms with Gasteiger partial charge in [-0.15, -0.1) is 0 Å². The number of hydrogen-bond donors (Lipinski definition) is 2. The SMILES string of the molecule is COc1cc(NC(=O)c2ccc(Cl)cc2F)ccc1N. The lowest BCUT2D eigenvalue weighted by atomic mass is 10.2. The zero-order chi connectivity index (χ0) is 14.7. The number of methoxy groups -OCH3 is 1. The van der Waals surface area contributed by atoms with E-state index in [1.807, 2.05) is 0 Å². The first-order valence-electron chi connectivity index (χ1n) is 5.71. The van der Waals surface area contributed by atoms with Crippen LogP contribution in [-0.4, -0.2) is 13.0 Å². The quantitative estimate of drug-likeness (QED) is 0.854. The molecule has 0 radical (unpaired) electrons. The number of rotatable bonds is 3. The third kappa shape index (κ3) is 3.00. The lowest BCUT2D eigenvalue weighted by Crippen LogP contribution is -2.13. The van der Waals surface area contributed by atoms with Gasteiger partial charge in [-0.3, -0.25) is 4.79 Å². The summed E-state index contributed by atoms with van der Waals surface area (Å²) in [4.78, 5) is 12.0. The van der Waals surface area contributed by atoms with Crippen LogP contribution in [0.15, 0.2) is 36.4 Å². The molecule has 4 nitrogen and oxygen atoms in total. The predicted molar refractivity (Wildman–Crippen MR) is 76.8 cm³/mol. The Morgan fingerprint density at radius 1 is 1.30 bits per heavy atom. The third-order valence-corrected chi connectivity index (χ3v) is 2.90. The van der Waals surface area contributed by atoms with Crippen LogP contribution in [0.1, 0.15) is 10.4 Å². The number of ether oxygens (including phenoxy) is 1. The van der Waals surface area contributed by atoms with Crippen LogP contribution in [-0.2, 0) is 0 Å². The van der Waals surface area contributed by atoms with Gasteiger partial charge in [0.15, 0.2) is 0 Å². The first-order valence-corrected chi connectivity index (χ1v) is 6.09. The van der Waals surface area contributed by atoms with Gasteiger partial charge in [-0.2, -0.15) is 0 Å². The monoisotopic (exact) mass is 294 g/mol. The molecule has 0 aromatic heterocycles. The standard InChI is InChI=1S/C14H12ClFN2O2/c1-20-13-7-9(3-5-12(13)17)18-14(19)10-4-2-8(15)6-11(10)16/h2-7H,17H2,1H3,(H,18,19). The average Bonchev–Trinajstić information content (AvgIpc) is 2.40. The molecule has 0 saturated carbocycles. The van der Waals surface area contributed by atoms with Gasteiger partial charge in [-0.25, -0.2) is 4.39 Å². The van der Waals surface area contributed by atoms with Crippen molar-refractivity contribution in [3.8, 4) is 5.75 Å². The zero-order valence-corrected chi connectivity index (χ0v) is 11.4. The molecule has 0 aliphatic carbocycles. The largest absolute Gasteiger partial charge is 0.495 e. The normalized spacial score (nSPS) is 10.2. The van der Waals surface area contributed by atoms with E-state index in [1.54, 1.807) is 18.2 Å². The topological polar surface area (TPSA) is 64.3 Å². The predicted octanol–water partition coefficient (Wildman–Crippen LogP) is 3.32. The zero-order valence-electron chi connectivity index (χ0n) is 10.6. The maximum absolute atomic E-state index is 13.6. The number of carbonyl (C=O) groups excluding carboxylic acids is 1. The molecule has 0 spiro atoms. The summed E-state index contributed by atoms with van der Waals surface area (Å²) in [6, 6.07) is 8.60. The average molecular weight is 295 g/mol. The molecule has 0 fully saturated rings. The van der Waals surface area contributed by atoms with Crippen LogP contribution < -0.4 is 15.8 Å². The number of benzene rings is 2. The molecule has 20 heavy (non-hydrogen) atoms. The number of carbonyl (C=O) groups is 1. The van der Waals surface area contributed by atoms with Gasteiger partial charge in [0.25, 0.3) is 5.91 Å². The Morgan fingerprint density at radius 3 is 2.70 bits per heavy atom. The molecular weight excluding hydrogens is 283 g/mol. The Balaban J connectivity index is 2.23. The van der Waals surface area contributed by atoms with Crippen LogP contribution in [0.25, 0.3) is 0 Å². The summed E-state index contributed by atoms with van der Waals surface area (Å²) in [5.74, 6) is -0.831. The first kappa shape index (κ1) is 14.1. The van der Waals surface area contributed by atoms with Crippen molar-refractivity contribution in [3.05, 3.63) is 52.8 Å². The van der Waals surface area contributed by atoms with Crippen molar-refractivity contribution >= 4 is 28.9 Å². The Labute approximate surface area is 120 Å². The van der Waals surface area contributed by atoms with Gasteiger partial charge in [0.2, 0.25) is 0 Å². The van der Waals surface area contributed by atoms with E-state index in [2.05, 4.69) is 5.32 Å². The van der Waals surface area contributed by atoms with Crippen molar-refractivity contribution in [2.24, 2.45) is 0 Å². The second-order valence-electron chi connectivity index (χ2n) is 4.04. The first-order chi connectivity index (χ1) is 9.51. The molecule has 6 heteroatoms. The molecule has 104 valence electrons. The molecule has 1 amide bonds. The number of halogens is 2. The molecule has 0 bridgehead atoms. The van der Waals surface area contributed by atoms with Crippen molar-refractivity contribution < 1.29 is 13.9 Å². The van der Waals surface area contributed by atoms with Crippen LogP contribution in [0.5, 0.6) is 5.75 Å². The van der Waals surface area contributed by atoms with Gasteiger partial charge in [0.05, 0.1) is 18.4 Å². The van der Waals surface area contributed by atoms with E-state index in [0.717, 1.165) is 6.07 Å². The minimum absolute atomic E-state index is 0.0924. The van der Waals surface area contributed by atoms with Gasteiger partial charge >= 0.3 is 0 Å². The molecule has 2 aromatic rings. The summed E-state index contributed by atoms with van der Waals surface area (Å²) in [6.45, 7) is 0. The Morgan fingerprint density at radius 2 is 2.05 bits per heavy atom. The van der Waals surface area contributed by atoms with Crippen molar-refractivity contribution in [1.29, 1.82) is 0 Å². The van der Waals surface area contributed by atoms with Crippen molar-refractivity contribution in [3.63, 3.8) is 0 Å². The van der Waals surface area contributed by atoms with Crippen LogP contribution in [0, 0.1) is 5.82 Å². The summed E-state index contributed by atoms with van der Waals surface area (Å²) in [6.07, 6.45) is 0. The second-order valence-corrected chi connectivity index (χ2v) is 4.47. The molecule has 0 atom stereocenters. The third-order valence-electron chi connectivity index (χ3n) is 2.67. The Kier molecular flexibility index (Phi) is 4.10. The highest BCUT2D eigenvalue weighted by atomic mass is 35.5. The van der Waals surface area contributed by atoms with Crippen molar-refractivity contribution in [2.45, 2.75) is 0 Å². The maximum Gasteiger partial charge on any atom is 0.258 e. The number of nitrogen functional groups attached to an aromatic ring is 1. The van der Waals surface area contributed by atoms with E-state index in [9.17, 15) is 9.18 Å². The Bertz CT molecular complexity index is 662. The number of nitrogens with two attached hydrogens (primary N) is 1. The van der Waals surface area contributed by atoms with Crippen LogP contribution in [0.4, 0.5) is 15.8 Å². The second kappa shape index (κ2) is 5.79. The van der Waals surface area contributed by atoms with E-state index in [-0.39, 0.29) is 10.6 Å². The Hall–Kier alpha value is -2.27. The van der Waals surface area contributed by atoms with E-state index >= 15 is 0 Å². The summed E-state index contributed by atoms with van der Waals surface area (Å²) in [5, 5.41) is 2.79. The molecule has 0 aliphatic rings. The van der Waals surface area contributed by atoms with Crippen LogP contribution >= 0.6 is 11.6 Å². The minimum atomic E-state index is -0.683. The number of nitrogens with one attached hydrogen (secondary N) is 1. The highest BCUT2D eigenvalue weighted by molar-refractivity contribution is 6.30. The lowest BCUT2D eigenvalue weighted by Gasteiger charge is -2.09. The lowest BCUT2D eigenvalue weighted by molar-refractivity contribution is 0.102. The highest BCUT2D eigenvalue weighted by Gasteiger charge is 2.13. The summed E-state index contributed by atoms with van der Waals surface area (Å²) < 4.78 is 18.7. The molecule has 0 aliphatic heterocycles. The fraction of sp³-hybridized carbons (Fsp3) is 0.0714. The molecule has 0 unspecified atom stereocenters. The van der Waals surface area contributed by atoms with Gasteiger partial charge < -0.3 is 15.8 Å². The van der Waals surface area contributed by atoms with E-state index in [1.165, 1.54) is 19.2 Å². The summed E-state index contributed by atoms with van der Waals surface area (Å²) >= 11 is 5.64. The fourth-order valence-corrected chi connectivity index (χ4v) is 1.82. The van der Waals surface area contributed by atoms with Gasteiger partial charge in [0, 0.05) is 16.8 Å². The number of anilines is 2. The van der Waals surface area contributed by atoms with E-state index < -0.39 is 11.7 Å². The molecule has 3 N–H and O–H groups in total. The maximum atomic E-state index is 13.6. The van der Waals surface area contributed by atoms with Crippen molar-refractivity contribution in [2.75, 3.05) is 18.2 Å².